The fraction of sp³-hybridized carbons (Fsp3) is 0.273. The van der Waals surface area contributed by atoms with E-state index in [2.05, 4.69) is 0 Å². The van der Waals surface area contributed by atoms with E-state index in [-0.39, 0.29) is 6.42 Å². The summed E-state index contributed by atoms with van der Waals surface area (Å²) in [6.45, 7) is 1.08. The van der Waals surface area contributed by atoms with Gasteiger partial charge in [0.1, 0.15) is 0 Å². The fourth-order valence-corrected chi connectivity index (χ4v) is 0.896. The minimum Gasteiger partial charge on any atom is -0.481 e. The van der Waals surface area contributed by atoms with Crippen LogP contribution in [0.3, 0.4) is 0 Å². The molecule has 0 aromatic heterocycles. The molecule has 0 spiro atoms. The summed E-state index contributed by atoms with van der Waals surface area (Å²) in [7, 11) is 0. The second kappa shape index (κ2) is 7.55. The number of aliphatic carboxylic acids is 2. The van der Waals surface area contributed by atoms with E-state index in [1.54, 1.807) is 0 Å². The zero-order chi connectivity index (χ0) is 11.7. The number of benzene rings is 1. The van der Waals surface area contributed by atoms with Crippen LogP contribution < -0.4 is 0 Å². The van der Waals surface area contributed by atoms with Crippen LogP contribution in [0.15, 0.2) is 30.3 Å². The summed E-state index contributed by atoms with van der Waals surface area (Å²) >= 11 is 0. The molecule has 0 atom stereocenters. The summed E-state index contributed by atoms with van der Waals surface area (Å²) in [5, 5.41) is 15.8. The molecule has 1 rings (SSSR count). The van der Waals surface area contributed by atoms with E-state index >= 15 is 0 Å². The van der Waals surface area contributed by atoms with Crippen molar-refractivity contribution in [1.82, 2.24) is 0 Å². The van der Waals surface area contributed by atoms with Crippen molar-refractivity contribution < 1.29 is 19.8 Å². The Hall–Kier alpha value is -1.84. The van der Waals surface area contributed by atoms with Gasteiger partial charge in [0.25, 0.3) is 5.97 Å². The molecule has 0 fully saturated rings. The Labute approximate surface area is 88.2 Å². The van der Waals surface area contributed by atoms with Crippen molar-refractivity contribution >= 4 is 11.9 Å². The zero-order valence-corrected chi connectivity index (χ0v) is 8.51. The maximum atomic E-state index is 10.2. The maximum Gasteiger partial charge on any atom is 0.303 e. The van der Waals surface area contributed by atoms with E-state index < -0.39 is 11.9 Å². The molecule has 0 aliphatic carbocycles. The summed E-state index contributed by atoms with van der Waals surface area (Å²) in [5.74, 6) is -1.58. The van der Waals surface area contributed by atoms with Gasteiger partial charge in [0, 0.05) is 13.3 Å². The first-order valence-corrected chi connectivity index (χ1v) is 4.47. The van der Waals surface area contributed by atoms with E-state index in [0.29, 0.717) is 6.42 Å². The molecule has 0 saturated heterocycles. The number of hydrogen-bond acceptors (Lipinski definition) is 2. The Balaban J connectivity index is 0.000000423. The van der Waals surface area contributed by atoms with Crippen LogP contribution in [0.25, 0.3) is 0 Å². The van der Waals surface area contributed by atoms with Crippen LogP contribution in [0.1, 0.15) is 18.9 Å². The third kappa shape index (κ3) is 10.1. The molecule has 0 heterocycles. The molecule has 1 aromatic rings. The van der Waals surface area contributed by atoms with E-state index in [1.807, 2.05) is 30.3 Å². The molecule has 2 N–H and O–H groups in total. The lowest BCUT2D eigenvalue weighted by atomic mass is 10.1. The van der Waals surface area contributed by atoms with E-state index in [1.165, 1.54) is 0 Å². The Bertz CT molecular complexity index is 302. The Morgan fingerprint density at radius 1 is 1.13 bits per heavy atom. The standard InChI is InChI=1S/C9H10O2.C2H4O2/c10-9(11)7-6-8-4-2-1-3-5-8;1-2(3)4/h1-5H,6-7H2,(H,10,11);1H3,(H,3,4). The maximum absolute atomic E-state index is 10.2. The van der Waals surface area contributed by atoms with Crippen LogP contribution in [-0.2, 0) is 16.0 Å². The van der Waals surface area contributed by atoms with Crippen LogP contribution in [0.4, 0.5) is 0 Å². The second-order valence-electron chi connectivity index (χ2n) is 2.90. The molecule has 1 aromatic carbocycles. The fourth-order valence-electron chi connectivity index (χ4n) is 0.896. The van der Waals surface area contributed by atoms with Crippen molar-refractivity contribution in [2.75, 3.05) is 0 Å². The van der Waals surface area contributed by atoms with E-state index in [0.717, 1.165) is 12.5 Å². The molecule has 0 bridgehead atoms. The van der Waals surface area contributed by atoms with Gasteiger partial charge in [-0.15, -0.1) is 0 Å². The average Bonchev–Trinajstić information content (AvgIpc) is 2.15. The summed E-state index contributed by atoms with van der Waals surface area (Å²) in [6, 6.07) is 9.62. The van der Waals surface area contributed by atoms with Crippen LogP contribution in [0.5, 0.6) is 0 Å². The molecule has 4 heteroatoms. The lowest BCUT2D eigenvalue weighted by molar-refractivity contribution is -0.137. The SMILES string of the molecule is CC(=O)O.O=C(O)CCc1ccccc1. The molecule has 0 amide bonds. The number of hydrogen-bond donors (Lipinski definition) is 2. The summed E-state index contributed by atoms with van der Waals surface area (Å²) in [5.41, 5.74) is 1.08. The highest BCUT2D eigenvalue weighted by atomic mass is 16.4. The van der Waals surface area contributed by atoms with E-state index in [9.17, 15) is 4.79 Å². The Morgan fingerprint density at radius 2 is 1.60 bits per heavy atom. The van der Waals surface area contributed by atoms with Gasteiger partial charge in [-0.05, 0) is 12.0 Å². The van der Waals surface area contributed by atoms with Gasteiger partial charge in [0.15, 0.2) is 0 Å². The zero-order valence-electron chi connectivity index (χ0n) is 8.51. The summed E-state index contributed by atoms with van der Waals surface area (Å²) in [4.78, 5) is 19.2. The summed E-state index contributed by atoms with van der Waals surface area (Å²) < 4.78 is 0. The predicted molar refractivity (Wildman–Crippen MR) is 55.7 cm³/mol. The number of aryl methyl sites for hydroxylation is 1. The lowest BCUT2D eigenvalue weighted by Gasteiger charge is -1.95. The molecule has 15 heavy (non-hydrogen) atoms. The highest BCUT2D eigenvalue weighted by Crippen LogP contribution is 2.01. The molecule has 0 saturated carbocycles. The largest absolute Gasteiger partial charge is 0.481 e. The molecule has 82 valence electrons. The van der Waals surface area contributed by atoms with Crippen molar-refractivity contribution in [1.29, 1.82) is 0 Å². The minimum absolute atomic E-state index is 0.212. The Kier molecular flexibility index (Phi) is 6.63. The van der Waals surface area contributed by atoms with Crippen LogP contribution in [-0.4, -0.2) is 22.2 Å². The highest BCUT2D eigenvalue weighted by molar-refractivity contribution is 5.67. The monoisotopic (exact) mass is 210 g/mol. The first-order chi connectivity index (χ1) is 7.02. The smallest absolute Gasteiger partial charge is 0.303 e. The van der Waals surface area contributed by atoms with Crippen molar-refractivity contribution in [3.05, 3.63) is 35.9 Å². The molecular weight excluding hydrogens is 196 g/mol. The highest BCUT2D eigenvalue weighted by Gasteiger charge is 1.96. The predicted octanol–water partition coefficient (Wildman–Crippen LogP) is 1.79. The molecule has 4 nitrogen and oxygen atoms in total. The van der Waals surface area contributed by atoms with Crippen LogP contribution in [0, 0.1) is 0 Å². The van der Waals surface area contributed by atoms with E-state index in [4.69, 9.17) is 15.0 Å². The molecule has 0 aliphatic rings. The third-order valence-corrected chi connectivity index (χ3v) is 1.47. The first kappa shape index (κ1) is 13.2. The van der Waals surface area contributed by atoms with Crippen molar-refractivity contribution in [3.8, 4) is 0 Å². The molecule has 0 aliphatic heterocycles. The summed E-state index contributed by atoms with van der Waals surface area (Å²) in [6.07, 6.45) is 0.834. The van der Waals surface area contributed by atoms with Gasteiger partial charge in [-0.25, -0.2) is 0 Å². The normalized spacial score (nSPS) is 8.60. The lowest BCUT2D eigenvalue weighted by Crippen LogP contribution is -1.96. The van der Waals surface area contributed by atoms with Crippen molar-refractivity contribution in [2.45, 2.75) is 19.8 Å². The van der Waals surface area contributed by atoms with Crippen LogP contribution >= 0.6 is 0 Å². The van der Waals surface area contributed by atoms with Crippen molar-refractivity contribution in [2.24, 2.45) is 0 Å². The molecule has 0 radical (unpaired) electrons. The quantitative estimate of drug-likeness (QED) is 0.797. The number of carboxylic acid groups (broad SMARTS) is 2. The van der Waals surface area contributed by atoms with Crippen LogP contribution in [0.2, 0.25) is 0 Å². The van der Waals surface area contributed by atoms with Gasteiger partial charge in [0.2, 0.25) is 0 Å². The van der Waals surface area contributed by atoms with Gasteiger partial charge in [-0.3, -0.25) is 9.59 Å². The van der Waals surface area contributed by atoms with Gasteiger partial charge in [-0.2, -0.15) is 0 Å². The number of carbonyl (C=O) groups is 2. The first-order valence-electron chi connectivity index (χ1n) is 4.47. The average molecular weight is 210 g/mol. The van der Waals surface area contributed by atoms with Gasteiger partial charge < -0.3 is 10.2 Å². The number of carboxylic acids is 2. The van der Waals surface area contributed by atoms with Crippen molar-refractivity contribution in [3.63, 3.8) is 0 Å². The Morgan fingerprint density at radius 3 is 2.00 bits per heavy atom. The third-order valence-electron chi connectivity index (χ3n) is 1.47. The van der Waals surface area contributed by atoms with Gasteiger partial charge >= 0.3 is 5.97 Å². The molecular formula is C11H14O4. The second-order valence-corrected chi connectivity index (χ2v) is 2.90. The van der Waals surface area contributed by atoms with Gasteiger partial charge in [-0.1, -0.05) is 30.3 Å². The minimum atomic E-state index is -0.833. The van der Waals surface area contributed by atoms with Gasteiger partial charge in [0.05, 0.1) is 0 Å². The topological polar surface area (TPSA) is 74.6 Å². The number of rotatable bonds is 3. The molecule has 0 unspecified atom stereocenters.